The lowest BCUT2D eigenvalue weighted by atomic mass is 10.2. The number of imidazole rings is 2. The molecule has 0 saturated carbocycles. The Labute approximate surface area is 197 Å². The van der Waals surface area contributed by atoms with E-state index in [2.05, 4.69) is 27.1 Å². The summed E-state index contributed by atoms with van der Waals surface area (Å²) in [7, 11) is 6.70. The van der Waals surface area contributed by atoms with Crippen molar-refractivity contribution in [3.8, 4) is 22.9 Å². The Morgan fingerprint density at radius 2 is 1.76 bits per heavy atom. The molecule has 0 amide bonds. The van der Waals surface area contributed by atoms with Crippen LogP contribution in [0, 0.1) is 0 Å². The molecule has 178 valence electrons. The monoisotopic (exact) mass is 464 g/mol. The maximum Gasteiger partial charge on any atom is 0.229 e. The summed E-state index contributed by atoms with van der Waals surface area (Å²) in [4.78, 5) is 20.9. The van der Waals surface area contributed by atoms with Crippen LogP contribution in [0.3, 0.4) is 0 Å². The summed E-state index contributed by atoms with van der Waals surface area (Å²) >= 11 is 0. The molecule has 5 rings (SSSR count). The van der Waals surface area contributed by atoms with Gasteiger partial charge in [0.25, 0.3) is 0 Å². The van der Waals surface area contributed by atoms with Gasteiger partial charge in [-0.2, -0.15) is 9.97 Å². The second-order valence-corrected chi connectivity index (χ2v) is 8.26. The van der Waals surface area contributed by atoms with Crippen LogP contribution in [0.2, 0.25) is 0 Å². The number of ether oxygens (including phenoxy) is 3. The highest BCUT2D eigenvalue weighted by Crippen LogP contribution is 2.39. The van der Waals surface area contributed by atoms with E-state index in [0.717, 1.165) is 30.7 Å². The third kappa shape index (κ3) is 3.72. The lowest BCUT2D eigenvalue weighted by molar-refractivity contribution is 0.324. The molecule has 1 fully saturated rings. The number of hydrogen-bond acceptors (Lipinski definition) is 9. The Balaban J connectivity index is 1.50. The molecule has 0 radical (unpaired) electrons. The van der Waals surface area contributed by atoms with Gasteiger partial charge in [-0.15, -0.1) is 0 Å². The zero-order valence-electron chi connectivity index (χ0n) is 19.9. The largest absolute Gasteiger partial charge is 0.493 e. The number of aromatic nitrogens is 6. The van der Waals surface area contributed by atoms with E-state index in [9.17, 15) is 0 Å². The highest BCUT2D eigenvalue weighted by atomic mass is 16.5. The van der Waals surface area contributed by atoms with Gasteiger partial charge in [-0.3, -0.25) is 0 Å². The van der Waals surface area contributed by atoms with Gasteiger partial charge >= 0.3 is 0 Å². The maximum absolute atomic E-state index is 5.48. The second-order valence-electron chi connectivity index (χ2n) is 8.26. The first-order chi connectivity index (χ1) is 16.5. The molecule has 1 aliphatic rings. The normalized spacial score (nSPS) is 15.7. The van der Waals surface area contributed by atoms with E-state index in [1.54, 1.807) is 34.0 Å². The van der Waals surface area contributed by atoms with Gasteiger partial charge in [-0.1, -0.05) is 0 Å². The topological polar surface area (TPSA) is 104 Å². The highest BCUT2D eigenvalue weighted by Gasteiger charge is 2.25. The van der Waals surface area contributed by atoms with Gasteiger partial charge in [0.2, 0.25) is 11.7 Å². The minimum Gasteiger partial charge on any atom is -0.493 e. The molecule has 11 heteroatoms. The lowest BCUT2D eigenvalue weighted by Gasteiger charge is -2.21. The van der Waals surface area contributed by atoms with Crippen molar-refractivity contribution in [2.24, 2.45) is 7.05 Å². The number of fused-ring (bicyclic) bond motifs is 1. The predicted molar refractivity (Wildman–Crippen MR) is 129 cm³/mol. The molecule has 4 heterocycles. The van der Waals surface area contributed by atoms with Crippen molar-refractivity contribution >= 4 is 28.7 Å². The van der Waals surface area contributed by atoms with Gasteiger partial charge in [-0.05, 0) is 19.8 Å². The smallest absolute Gasteiger partial charge is 0.229 e. The molecule has 1 N–H and O–H groups in total. The number of nitrogens with zero attached hydrogens (tertiary/aromatic N) is 7. The standard InChI is InChI=1S/C23H28N8O3/c1-14-7-6-8-31(14)23-27-21(19-22(28-23)29(2)12-25-19)26-18-11-30(13-24-18)15-9-16(32-3)20(34-5)17(10-15)33-4/h9-14H,6-8H2,1-5H3,(H,26,27,28)/t14-/m1/s1. The van der Waals surface area contributed by atoms with Crippen LogP contribution in [0.5, 0.6) is 17.2 Å². The molecule has 1 aliphatic heterocycles. The molecule has 34 heavy (non-hydrogen) atoms. The molecule has 3 aromatic heterocycles. The van der Waals surface area contributed by atoms with E-state index < -0.39 is 0 Å². The number of anilines is 3. The summed E-state index contributed by atoms with van der Waals surface area (Å²) in [6.45, 7) is 3.15. The van der Waals surface area contributed by atoms with Crippen molar-refractivity contribution in [1.29, 1.82) is 0 Å². The third-order valence-corrected chi connectivity index (χ3v) is 6.13. The summed E-state index contributed by atoms with van der Waals surface area (Å²) in [5, 5.41) is 3.34. The Morgan fingerprint density at radius 1 is 1.00 bits per heavy atom. The fourth-order valence-electron chi connectivity index (χ4n) is 4.31. The summed E-state index contributed by atoms with van der Waals surface area (Å²) in [5.41, 5.74) is 2.28. The summed E-state index contributed by atoms with van der Waals surface area (Å²) in [6, 6.07) is 4.13. The maximum atomic E-state index is 5.48. The van der Waals surface area contributed by atoms with Crippen molar-refractivity contribution in [2.75, 3.05) is 38.1 Å². The van der Waals surface area contributed by atoms with Crippen LogP contribution in [-0.4, -0.2) is 63.0 Å². The van der Waals surface area contributed by atoms with Crippen molar-refractivity contribution in [1.82, 2.24) is 29.1 Å². The molecule has 0 unspecified atom stereocenters. The van der Waals surface area contributed by atoms with Crippen LogP contribution in [0.15, 0.2) is 31.0 Å². The average molecular weight is 465 g/mol. The van der Waals surface area contributed by atoms with Crippen molar-refractivity contribution in [2.45, 2.75) is 25.8 Å². The predicted octanol–water partition coefficient (Wildman–Crippen LogP) is 3.31. The summed E-state index contributed by atoms with van der Waals surface area (Å²) in [5.74, 6) is 3.61. The van der Waals surface area contributed by atoms with E-state index in [1.165, 1.54) is 0 Å². The molecule has 1 saturated heterocycles. The number of hydrogen-bond donors (Lipinski definition) is 1. The van der Waals surface area contributed by atoms with Gasteiger partial charge in [0, 0.05) is 31.8 Å². The fourth-order valence-corrected chi connectivity index (χ4v) is 4.31. The Hall–Kier alpha value is -4.02. The highest BCUT2D eigenvalue weighted by molar-refractivity contribution is 5.86. The van der Waals surface area contributed by atoms with Crippen LogP contribution >= 0.6 is 0 Å². The van der Waals surface area contributed by atoms with Crippen LogP contribution < -0.4 is 24.4 Å². The first-order valence-electron chi connectivity index (χ1n) is 11.1. The lowest BCUT2D eigenvalue weighted by Crippen LogP contribution is -2.28. The van der Waals surface area contributed by atoms with Crippen molar-refractivity contribution < 1.29 is 14.2 Å². The van der Waals surface area contributed by atoms with Gasteiger partial charge in [0.15, 0.2) is 28.5 Å². The molecule has 1 atom stereocenters. The molecular weight excluding hydrogens is 436 g/mol. The molecule has 1 aromatic carbocycles. The summed E-state index contributed by atoms with van der Waals surface area (Å²) < 4.78 is 20.2. The average Bonchev–Trinajstić information content (AvgIpc) is 3.58. The minimum absolute atomic E-state index is 0.401. The summed E-state index contributed by atoms with van der Waals surface area (Å²) in [6.07, 6.45) is 7.60. The SMILES string of the molecule is COc1cc(-n2cnc(Nc3nc(N4CCC[C@H]4C)nc4c3ncn4C)c2)cc(OC)c1OC. The Bertz CT molecular complexity index is 1310. The first-order valence-corrected chi connectivity index (χ1v) is 11.1. The number of aryl methyl sites for hydroxylation is 1. The van der Waals surface area contributed by atoms with Gasteiger partial charge < -0.3 is 33.6 Å². The Kier molecular flexibility index (Phi) is 5.60. The van der Waals surface area contributed by atoms with Crippen molar-refractivity contribution in [3.05, 3.63) is 31.0 Å². The van der Waals surface area contributed by atoms with E-state index in [4.69, 9.17) is 24.2 Å². The molecule has 0 spiro atoms. The zero-order chi connectivity index (χ0) is 23.8. The van der Waals surface area contributed by atoms with E-state index in [-0.39, 0.29) is 0 Å². The molecule has 0 bridgehead atoms. The van der Waals surface area contributed by atoms with Crippen molar-refractivity contribution in [3.63, 3.8) is 0 Å². The zero-order valence-corrected chi connectivity index (χ0v) is 19.9. The van der Waals surface area contributed by atoms with Gasteiger partial charge in [-0.25, -0.2) is 9.97 Å². The molecular formula is C23H28N8O3. The van der Waals surface area contributed by atoms with Crippen LogP contribution in [0.25, 0.3) is 16.9 Å². The first kappa shape index (κ1) is 21.8. The quantitative estimate of drug-likeness (QED) is 0.441. The second kappa shape index (κ2) is 8.73. The van der Waals surface area contributed by atoms with Gasteiger partial charge in [0.1, 0.15) is 12.1 Å². The number of nitrogens with one attached hydrogen (secondary N) is 1. The van der Waals surface area contributed by atoms with E-state index >= 15 is 0 Å². The number of rotatable bonds is 7. The third-order valence-electron chi connectivity index (χ3n) is 6.13. The van der Waals surface area contributed by atoms with Crippen LogP contribution in [0.4, 0.5) is 17.6 Å². The van der Waals surface area contributed by atoms with Gasteiger partial charge in [0.05, 0.1) is 39.5 Å². The minimum atomic E-state index is 0.401. The molecule has 11 nitrogen and oxygen atoms in total. The fraction of sp³-hybridized carbons (Fsp3) is 0.391. The molecule has 4 aromatic rings. The Morgan fingerprint density at radius 3 is 2.41 bits per heavy atom. The van der Waals surface area contributed by atoms with Crippen LogP contribution in [0.1, 0.15) is 19.8 Å². The molecule has 0 aliphatic carbocycles. The van der Waals surface area contributed by atoms with E-state index in [1.807, 2.05) is 34.5 Å². The van der Waals surface area contributed by atoms with E-state index in [0.29, 0.717) is 46.4 Å². The van der Waals surface area contributed by atoms with Crippen LogP contribution in [-0.2, 0) is 7.05 Å². The number of benzene rings is 1. The number of methoxy groups -OCH3 is 3.